The van der Waals surface area contributed by atoms with Crippen molar-refractivity contribution in [2.24, 2.45) is 0 Å². The molecule has 0 atom stereocenters. The van der Waals surface area contributed by atoms with E-state index in [-0.39, 0.29) is 39.3 Å². The molecule has 3 aromatic heterocycles. The lowest BCUT2D eigenvalue weighted by Gasteiger charge is -2.46. The summed E-state index contributed by atoms with van der Waals surface area (Å²) in [6.07, 6.45) is 4.75. The highest BCUT2D eigenvalue weighted by Gasteiger charge is 2.50. The molecular formula is C62H65BN2S2. The first-order chi connectivity index (χ1) is 31.5. The SMILES string of the molecule is CC(C)(C)c1ccc(N2B3c4sc5ccc(C(C)(C)C)cc5c4-n4c5cc6c(cc5c5c7sc8ccccc8c7c(c3c54)-c3cc4c(cc32)C(C)(C)CCC4(C)C)C(C)(C)CCC6(C)C)cc1. The number of rotatable bonds is 1. The molecule has 0 radical (unpaired) electrons. The maximum atomic E-state index is 2.82. The summed E-state index contributed by atoms with van der Waals surface area (Å²) in [6.45, 7) is 34.1. The summed E-state index contributed by atoms with van der Waals surface area (Å²) in [5, 5.41) is 7.07. The lowest BCUT2D eigenvalue weighted by Crippen LogP contribution is -2.59. The van der Waals surface area contributed by atoms with Crippen molar-refractivity contribution >= 4 is 103 Å². The van der Waals surface area contributed by atoms with Gasteiger partial charge in [-0.25, -0.2) is 0 Å². The largest absolute Gasteiger partial charge is 0.376 e. The van der Waals surface area contributed by atoms with Gasteiger partial charge in [-0.05, 0) is 157 Å². The Balaban J connectivity index is 1.30. The van der Waals surface area contributed by atoms with E-state index in [1.807, 2.05) is 22.7 Å². The van der Waals surface area contributed by atoms with Crippen molar-refractivity contribution in [2.45, 2.75) is 155 Å². The van der Waals surface area contributed by atoms with E-state index < -0.39 is 0 Å². The van der Waals surface area contributed by atoms with Crippen LogP contribution in [-0.4, -0.2) is 11.4 Å². The van der Waals surface area contributed by atoms with Gasteiger partial charge in [-0.1, -0.05) is 133 Å². The molecule has 0 bridgehead atoms. The Bertz CT molecular complexity index is 3660. The molecule has 4 aliphatic rings. The molecule has 0 saturated carbocycles. The number of aromatic nitrogens is 1. The molecule has 5 heteroatoms. The average molecular weight is 913 g/mol. The third-order valence-electron chi connectivity index (χ3n) is 17.6. The lowest BCUT2D eigenvalue weighted by atomic mass is 9.46. The van der Waals surface area contributed by atoms with Gasteiger partial charge in [0, 0.05) is 62.7 Å². The van der Waals surface area contributed by atoms with Crippen molar-refractivity contribution < 1.29 is 0 Å². The minimum absolute atomic E-state index is 0.0129. The van der Waals surface area contributed by atoms with Gasteiger partial charge >= 0.3 is 6.85 Å². The molecule has 0 unspecified atom stereocenters. The molecule has 0 fully saturated rings. The number of thiophene rings is 2. The number of nitrogens with zero attached hydrogens (tertiary/aromatic N) is 2. The van der Waals surface area contributed by atoms with Crippen LogP contribution in [0.5, 0.6) is 0 Å². The molecule has 2 aliphatic carbocycles. The highest BCUT2D eigenvalue weighted by Crippen LogP contribution is 2.58. The van der Waals surface area contributed by atoms with Gasteiger partial charge < -0.3 is 9.38 Å². The normalized spacial score (nSPS) is 18.8. The minimum atomic E-state index is -0.0314. The van der Waals surface area contributed by atoms with Gasteiger partial charge in [-0.15, -0.1) is 22.7 Å². The molecule has 2 aliphatic heterocycles. The Kier molecular flexibility index (Phi) is 8.25. The fourth-order valence-corrected chi connectivity index (χ4v) is 15.8. The standard InChI is InChI=1S/C62H65BN2S2/c1-57(2,3)34-19-22-36(23-20-34)65-46-33-44-42(60(9,10)26-28-62(44,13)14)31-39(46)49-50-37-17-15-16-18-47(37)66-55(50)51-38-30-41-43(61(11,12)27-25-59(41,7)8)32-45(38)64-53-40-29-35(58(4,5)6)21-24-48(40)67-56(53)63(65)52(49)54(51)64/h15-24,29-33H,25-28H2,1-14H3. The minimum Gasteiger partial charge on any atom is -0.376 e. The zero-order valence-corrected chi connectivity index (χ0v) is 43.9. The molecule has 0 saturated heterocycles. The van der Waals surface area contributed by atoms with E-state index in [2.05, 4.69) is 197 Å². The van der Waals surface area contributed by atoms with Crippen molar-refractivity contribution in [1.82, 2.24) is 4.57 Å². The predicted octanol–water partition coefficient (Wildman–Crippen LogP) is 16.9. The number of fused-ring (bicyclic) bond motifs is 17. The molecule has 5 heterocycles. The smallest absolute Gasteiger partial charge is 0.343 e. The fourth-order valence-electron chi connectivity index (χ4n) is 13.2. The van der Waals surface area contributed by atoms with E-state index in [1.54, 1.807) is 0 Å². The molecule has 0 amide bonds. The van der Waals surface area contributed by atoms with Gasteiger partial charge in [0.1, 0.15) is 0 Å². The van der Waals surface area contributed by atoms with Gasteiger partial charge in [0.15, 0.2) is 0 Å². The average Bonchev–Trinajstić information content (AvgIpc) is 3.95. The fraction of sp³-hybridized carbons (Fsp3) is 0.387. The molecule has 0 spiro atoms. The number of hydrogen-bond donors (Lipinski definition) is 0. The summed E-state index contributed by atoms with van der Waals surface area (Å²) in [7, 11) is 0. The Hall–Kier alpha value is -4.84. The van der Waals surface area contributed by atoms with Crippen molar-refractivity contribution in [3.05, 3.63) is 124 Å². The summed E-state index contributed by atoms with van der Waals surface area (Å²) in [4.78, 5) is 2.82. The molecule has 9 aromatic rings. The number of anilines is 2. The second-order valence-electron chi connectivity index (χ2n) is 25.9. The highest BCUT2D eigenvalue weighted by atomic mass is 32.1. The van der Waals surface area contributed by atoms with Crippen molar-refractivity contribution in [3.63, 3.8) is 0 Å². The monoisotopic (exact) mass is 912 g/mol. The molecule has 67 heavy (non-hydrogen) atoms. The molecule has 6 aromatic carbocycles. The topological polar surface area (TPSA) is 8.17 Å². The van der Waals surface area contributed by atoms with Gasteiger partial charge in [-0.3, -0.25) is 0 Å². The Morgan fingerprint density at radius 2 is 1.10 bits per heavy atom. The lowest BCUT2D eigenvalue weighted by molar-refractivity contribution is 0.332. The van der Waals surface area contributed by atoms with E-state index in [1.165, 1.54) is 150 Å². The van der Waals surface area contributed by atoms with Crippen molar-refractivity contribution in [2.75, 3.05) is 4.81 Å². The van der Waals surface area contributed by atoms with Crippen LogP contribution >= 0.6 is 22.7 Å². The maximum Gasteiger partial charge on any atom is 0.343 e. The van der Waals surface area contributed by atoms with Crippen LogP contribution in [0.1, 0.15) is 156 Å². The molecular weight excluding hydrogens is 848 g/mol. The van der Waals surface area contributed by atoms with Crippen molar-refractivity contribution in [3.8, 4) is 16.8 Å². The molecule has 338 valence electrons. The van der Waals surface area contributed by atoms with Gasteiger partial charge in [-0.2, -0.15) is 0 Å². The van der Waals surface area contributed by atoms with Crippen LogP contribution < -0.4 is 15.1 Å². The van der Waals surface area contributed by atoms with Crippen molar-refractivity contribution in [1.29, 1.82) is 0 Å². The quantitative estimate of drug-likeness (QED) is 0.149. The summed E-state index contributed by atoms with van der Waals surface area (Å²) >= 11 is 4.07. The second-order valence-corrected chi connectivity index (χ2v) is 28.0. The van der Waals surface area contributed by atoms with Crippen LogP contribution in [0.15, 0.2) is 91.0 Å². The summed E-state index contributed by atoms with van der Waals surface area (Å²) in [5.41, 5.74) is 20.3. The molecule has 0 N–H and O–H groups in total. The summed E-state index contributed by atoms with van der Waals surface area (Å²) < 4.78 is 8.46. The Labute approximate surface area is 406 Å². The van der Waals surface area contributed by atoms with Crippen LogP contribution in [-0.2, 0) is 32.5 Å². The second kappa shape index (κ2) is 13.1. The third kappa shape index (κ3) is 5.62. The van der Waals surface area contributed by atoms with Gasteiger partial charge in [0.25, 0.3) is 0 Å². The summed E-state index contributed by atoms with van der Waals surface area (Å²) in [6, 6.07) is 37.2. The van der Waals surface area contributed by atoms with Gasteiger partial charge in [0.2, 0.25) is 0 Å². The van der Waals surface area contributed by atoms with E-state index in [0.717, 1.165) is 0 Å². The predicted molar refractivity (Wildman–Crippen MR) is 296 cm³/mol. The highest BCUT2D eigenvalue weighted by molar-refractivity contribution is 7.32. The first kappa shape index (κ1) is 42.3. The number of hydrogen-bond acceptors (Lipinski definition) is 3. The zero-order valence-electron chi connectivity index (χ0n) is 42.3. The van der Waals surface area contributed by atoms with Crippen LogP contribution in [0.4, 0.5) is 11.4 Å². The Morgan fingerprint density at radius 1 is 0.537 bits per heavy atom. The van der Waals surface area contributed by atoms with E-state index in [4.69, 9.17) is 0 Å². The summed E-state index contributed by atoms with van der Waals surface area (Å²) in [5.74, 6) is 0. The Morgan fingerprint density at radius 3 is 1.75 bits per heavy atom. The van der Waals surface area contributed by atoms with E-state index >= 15 is 0 Å². The first-order valence-electron chi connectivity index (χ1n) is 25.1. The molecule has 13 rings (SSSR count). The van der Waals surface area contributed by atoms with E-state index in [0.29, 0.717) is 0 Å². The van der Waals surface area contributed by atoms with Crippen LogP contribution in [0, 0.1) is 0 Å². The van der Waals surface area contributed by atoms with Crippen LogP contribution in [0.3, 0.4) is 0 Å². The van der Waals surface area contributed by atoms with E-state index in [9.17, 15) is 0 Å². The van der Waals surface area contributed by atoms with Gasteiger partial charge in [0.05, 0.1) is 16.7 Å². The third-order valence-corrected chi connectivity index (χ3v) is 20.0. The number of benzene rings is 6. The zero-order chi connectivity index (χ0) is 46.9. The molecule has 2 nitrogen and oxygen atoms in total. The van der Waals surface area contributed by atoms with Crippen LogP contribution in [0.2, 0.25) is 0 Å². The first-order valence-corrected chi connectivity index (χ1v) is 26.8. The maximum absolute atomic E-state index is 2.82. The van der Waals surface area contributed by atoms with Crippen LogP contribution in [0.25, 0.3) is 68.9 Å².